The van der Waals surface area contributed by atoms with E-state index >= 15 is 0 Å². The second kappa shape index (κ2) is 9.60. The molecule has 0 bridgehead atoms. The fourth-order valence-electron chi connectivity index (χ4n) is 3.44. The standard InChI is InChI=1S/C22H31N3O3S2/c1-22(2,3)18-6-8-20(9-7-18)30(27,28)25-14-12-24(13-15-25)17-21(26)23-11-10-19-5-4-16-29-19/h4-9,16H,10-15,17H2,1-3H3,(H,23,26). The Bertz CT molecular complexity index is 925. The molecule has 1 saturated heterocycles. The Balaban J connectivity index is 1.47. The Morgan fingerprint density at radius 2 is 1.73 bits per heavy atom. The Morgan fingerprint density at radius 3 is 2.30 bits per heavy atom. The highest BCUT2D eigenvalue weighted by molar-refractivity contribution is 7.89. The highest BCUT2D eigenvalue weighted by atomic mass is 32.2. The van der Waals surface area contributed by atoms with Crippen LogP contribution in [0.15, 0.2) is 46.7 Å². The van der Waals surface area contributed by atoms with Gasteiger partial charge < -0.3 is 5.32 Å². The number of amides is 1. The molecule has 1 aromatic carbocycles. The highest BCUT2D eigenvalue weighted by Crippen LogP contribution is 2.25. The zero-order valence-electron chi connectivity index (χ0n) is 17.9. The molecule has 2 aromatic rings. The smallest absolute Gasteiger partial charge is 0.243 e. The van der Waals surface area contributed by atoms with Gasteiger partial charge in [0.15, 0.2) is 0 Å². The zero-order valence-corrected chi connectivity index (χ0v) is 19.6. The Kier molecular flexibility index (Phi) is 7.34. The summed E-state index contributed by atoms with van der Waals surface area (Å²) in [5, 5.41) is 4.98. The van der Waals surface area contributed by atoms with Crippen LogP contribution >= 0.6 is 11.3 Å². The summed E-state index contributed by atoms with van der Waals surface area (Å²) in [5.41, 5.74) is 1.09. The van der Waals surface area contributed by atoms with Gasteiger partial charge in [0, 0.05) is 37.6 Å². The van der Waals surface area contributed by atoms with E-state index in [1.165, 1.54) is 9.18 Å². The number of sulfonamides is 1. The first kappa shape index (κ1) is 22.9. The molecule has 3 rings (SSSR count). The number of carbonyl (C=O) groups excluding carboxylic acids is 1. The van der Waals surface area contributed by atoms with E-state index in [0.29, 0.717) is 44.2 Å². The molecule has 8 heteroatoms. The number of nitrogens with one attached hydrogen (secondary N) is 1. The number of hydrogen-bond acceptors (Lipinski definition) is 5. The first-order valence-corrected chi connectivity index (χ1v) is 12.6. The average Bonchev–Trinajstić information content (AvgIpc) is 3.21. The van der Waals surface area contributed by atoms with Crippen molar-refractivity contribution in [3.63, 3.8) is 0 Å². The quantitative estimate of drug-likeness (QED) is 0.706. The minimum absolute atomic E-state index is 0.0133. The molecule has 0 radical (unpaired) electrons. The SMILES string of the molecule is CC(C)(C)c1ccc(S(=O)(=O)N2CCN(CC(=O)NCCc3cccs3)CC2)cc1. The lowest BCUT2D eigenvalue weighted by Gasteiger charge is -2.33. The minimum Gasteiger partial charge on any atom is -0.355 e. The normalized spacial score (nSPS) is 16.5. The van der Waals surface area contributed by atoms with E-state index in [1.54, 1.807) is 23.5 Å². The van der Waals surface area contributed by atoms with Crippen LogP contribution in [-0.2, 0) is 26.7 Å². The predicted molar refractivity (Wildman–Crippen MR) is 121 cm³/mol. The van der Waals surface area contributed by atoms with Crippen LogP contribution in [0, 0.1) is 0 Å². The van der Waals surface area contributed by atoms with Gasteiger partial charge in [-0.25, -0.2) is 8.42 Å². The van der Waals surface area contributed by atoms with Gasteiger partial charge in [0.2, 0.25) is 15.9 Å². The molecule has 0 unspecified atom stereocenters. The monoisotopic (exact) mass is 449 g/mol. The van der Waals surface area contributed by atoms with Crippen LogP contribution in [0.4, 0.5) is 0 Å². The molecule has 0 atom stereocenters. The van der Waals surface area contributed by atoms with Crippen molar-refractivity contribution in [3.8, 4) is 0 Å². The topological polar surface area (TPSA) is 69.7 Å². The van der Waals surface area contributed by atoms with Crippen molar-refractivity contribution in [1.29, 1.82) is 0 Å². The highest BCUT2D eigenvalue weighted by Gasteiger charge is 2.29. The molecule has 1 N–H and O–H groups in total. The van der Waals surface area contributed by atoms with E-state index in [-0.39, 0.29) is 11.3 Å². The van der Waals surface area contributed by atoms with E-state index in [1.807, 2.05) is 28.5 Å². The van der Waals surface area contributed by atoms with Crippen LogP contribution in [0.1, 0.15) is 31.2 Å². The fraction of sp³-hybridized carbons (Fsp3) is 0.500. The van der Waals surface area contributed by atoms with Crippen molar-refractivity contribution < 1.29 is 13.2 Å². The molecule has 1 aliphatic heterocycles. The van der Waals surface area contributed by atoms with Crippen molar-refractivity contribution in [3.05, 3.63) is 52.2 Å². The van der Waals surface area contributed by atoms with Crippen molar-refractivity contribution in [1.82, 2.24) is 14.5 Å². The molecule has 0 saturated carbocycles. The van der Waals surface area contributed by atoms with E-state index in [9.17, 15) is 13.2 Å². The number of hydrogen-bond donors (Lipinski definition) is 1. The van der Waals surface area contributed by atoms with Crippen molar-refractivity contribution in [2.75, 3.05) is 39.3 Å². The predicted octanol–water partition coefficient (Wildman–Crippen LogP) is 2.71. The van der Waals surface area contributed by atoms with Gasteiger partial charge in [0.25, 0.3) is 0 Å². The van der Waals surface area contributed by atoms with Crippen LogP contribution in [0.3, 0.4) is 0 Å². The van der Waals surface area contributed by atoms with E-state index in [0.717, 1.165) is 12.0 Å². The molecular formula is C22H31N3O3S2. The second-order valence-electron chi connectivity index (χ2n) is 8.63. The molecule has 30 heavy (non-hydrogen) atoms. The molecule has 1 amide bonds. The van der Waals surface area contributed by atoms with Gasteiger partial charge in [-0.1, -0.05) is 39.0 Å². The lowest BCUT2D eigenvalue weighted by atomic mass is 9.87. The third-order valence-corrected chi connectivity index (χ3v) is 8.18. The van der Waals surface area contributed by atoms with Gasteiger partial charge in [-0.05, 0) is 41.0 Å². The molecule has 1 aliphatic rings. The summed E-state index contributed by atoms with van der Waals surface area (Å²) in [6, 6.07) is 11.3. The maximum Gasteiger partial charge on any atom is 0.243 e. The molecule has 2 heterocycles. The Hall–Kier alpha value is -1.74. The van der Waals surface area contributed by atoms with Gasteiger partial charge >= 0.3 is 0 Å². The van der Waals surface area contributed by atoms with Crippen LogP contribution in [0.25, 0.3) is 0 Å². The third-order valence-electron chi connectivity index (χ3n) is 5.33. The molecule has 164 valence electrons. The summed E-state index contributed by atoms with van der Waals surface area (Å²) in [5.74, 6) is -0.0133. The number of benzene rings is 1. The van der Waals surface area contributed by atoms with E-state index < -0.39 is 10.0 Å². The number of carbonyl (C=O) groups is 1. The summed E-state index contributed by atoms with van der Waals surface area (Å²) in [7, 11) is -3.51. The molecule has 0 spiro atoms. The number of thiophene rings is 1. The second-order valence-corrected chi connectivity index (χ2v) is 11.6. The maximum absolute atomic E-state index is 13.0. The number of rotatable bonds is 7. The summed E-state index contributed by atoms with van der Waals surface area (Å²) < 4.78 is 27.4. The van der Waals surface area contributed by atoms with Crippen LogP contribution in [0.2, 0.25) is 0 Å². The largest absolute Gasteiger partial charge is 0.355 e. The molecule has 1 aromatic heterocycles. The molecule has 1 fully saturated rings. The molecular weight excluding hydrogens is 418 g/mol. The van der Waals surface area contributed by atoms with Crippen molar-refractivity contribution in [2.45, 2.75) is 37.5 Å². The first-order valence-electron chi connectivity index (χ1n) is 10.3. The van der Waals surface area contributed by atoms with Gasteiger partial charge in [-0.15, -0.1) is 11.3 Å². The van der Waals surface area contributed by atoms with E-state index in [2.05, 4.69) is 32.2 Å². The number of nitrogens with zero attached hydrogens (tertiary/aromatic N) is 2. The van der Waals surface area contributed by atoms with Crippen LogP contribution < -0.4 is 5.32 Å². The summed E-state index contributed by atoms with van der Waals surface area (Å²) >= 11 is 1.69. The summed E-state index contributed by atoms with van der Waals surface area (Å²) in [6.07, 6.45) is 0.837. The Labute approximate surface area is 183 Å². The fourth-order valence-corrected chi connectivity index (χ4v) is 5.57. The van der Waals surface area contributed by atoms with Crippen LogP contribution in [-0.4, -0.2) is 62.8 Å². The van der Waals surface area contributed by atoms with Crippen molar-refractivity contribution in [2.24, 2.45) is 0 Å². The lowest BCUT2D eigenvalue weighted by molar-refractivity contribution is -0.122. The van der Waals surface area contributed by atoms with Gasteiger partial charge in [0.05, 0.1) is 11.4 Å². The molecule has 6 nitrogen and oxygen atoms in total. The third kappa shape index (κ3) is 5.91. The first-order chi connectivity index (χ1) is 14.2. The van der Waals surface area contributed by atoms with Crippen LogP contribution in [0.5, 0.6) is 0 Å². The van der Waals surface area contributed by atoms with Gasteiger partial charge in [-0.3, -0.25) is 9.69 Å². The van der Waals surface area contributed by atoms with Gasteiger partial charge in [0.1, 0.15) is 0 Å². The lowest BCUT2D eigenvalue weighted by Crippen LogP contribution is -2.51. The molecule has 0 aliphatic carbocycles. The summed E-state index contributed by atoms with van der Waals surface area (Å²) in [6.45, 7) is 9.14. The van der Waals surface area contributed by atoms with E-state index in [4.69, 9.17) is 0 Å². The summed E-state index contributed by atoms with van der Waals surface area (Å²) in [4.78, 5) is 15.8. The van der Waals surface area contributed by atoms with Crippen molar-refractivity contribution >= 4 is 27.3 Å². The maximum atomic E-state index is 13.0. The minimum atomic E-state index is -3.51. The Morgan fingerprint density at radius 1 is 1.07 bits per heavy atom. The van der Waals surface area contributed by atoms with Gasteiger partial charge in [-0.2, -0.15) is 4.31 Å². The zero-order chi connectivity index (χ0) is 21.8. The average molecular weight is 450 g/mol. The number of piperazine rings is 1.